The van der Waals surface area contributed by atoms with Gasteiger partial charge in [0, 0.05) is 5.92 Å². The zero-order chi connectivity index (χ0) is 36.0. The highest BCUT2D eigenvalue weighted by atomic mass is 16.8. The Morgan fingerprint density at radius 2 is 1.33 bits per heavy atom. The van der Waals surface area contributed by atoms with Crippen molar-refractivity contribution in [1.29, 1.82) is 0 Å². The first kappa shape index (κ1) is 35.9. The summed E-state index contributed by atoms with van der Waals surface area (Å²) in [6.07, 6.45) is -14.4. The van der Waals surface area contributed by atoms with Crippen LogP contribution in [0.2, 0.25) is 0 Å². The van der Waals surface area contributed by atoms with Gasteiger partial charge in [-0.1, -0.05) is 36.4 Å². The second kappa shape index (κ2) is 14.5. The molecule has 3 saturated heterocycles. The molecule has 1 saturated carbocycles. The Morgan fingerprint density at radius 3 is 1.94 bits per heavy atom. The third kappa shape index (κ3) is 6.55. The van der Waals surface area contributed by atoms with Crippen molar-refractivity contribution in [3.8, 4) is 0 Å². The van der Waals surface area contributed by atoms with Crippen LogP contribution in [0.4, 0.5) is 0 Å². The van der Waals surface area contributed by atoms with Gasteiger partial charge in [0.05, 0.1) is 48.7 Å². The molecule has 16 atom stereocenters. The van der Waals surface area contributed by atoms with Gasteiger partial charge in [-0.2, -0.15) is 0 Å². The normalized spacial score (nSPS) is 42.6. The first-order valence-corrected chi connectivity index (χ1v) is 16.7. The summed E-state index contributed by atoms with van der Waals surface area (Å²) < 4.78 is 47.2. The van der Waals surface area contributed by atoms with E-state index in [1.54, 1.807) is 61.5 Å². The van der Waals surface area contributed by atoms with Gasteiger partial charge in [0.2, 0.25) is 6.29 Å². The maximum absolute atomic E-state index is 13.2. The van der Waals surface area contributed by atoms with Crippen LogP contribution in [0.25, 0.3) is 0 Å². The fraction of sp³-hybridized carbons (Fsp3) is 0.543. The summed E-state index contributed by atoms with van der Waals surface area (Å²) in [7, 11) is 0. The van der Waals surface area contributed by atoms with Crippen molar-refractivity contribution >= 4 is 11.9 Å². The second-order valence-corrected chi connectivity index (χ2v) is 13.2. The van der Waals surface area contributed by atoms with E-state index in [1.165, 1.54) is 18.4 Å². The van der Waals surface area contributed by atoms with Crippen molar-refractivity contribution in [1.82, 2.24) is 0 Å². The quantitative estimate of drug-likeness (QED) is 0.128. The molecule has 5 aliphatic rings. The maximum atomic E-state index is 13.2. The number of carbonyl (C=O) groups is 2. The van der Waals surface area contributed by atoms with E-state index in [4.69, 9.17) is 37.9 Å². The summed E-state index contributed by atoms with van der Waals surface area (Å²) in [5.41, 5.74) is -0.817. The van der Waals surface area contributed by atoms with Crippen LogP contribution in [0.15, 0.2) is 73.0 Å². The molecule has 1 aliphatic carbocycles. The predicted octanol–water partition coefficient (Wildman–Crippen LogP) is -1.01. The molecule has 0 amide bonds. The molecule has 6 N–H and O–H groups in total. The number of aliphatic hydroxyl groups excluding tert-OH is 6. The summed E-state index contributed by atoms with van der Waals surface area (Å²) >= 11 is 0. The molecule has 0 radical (unpaired) electrons. The number of aliphatic hydroxyl groups is 6. The topological polar surface area (TPSA) is 233 Å². The minimum Gasteiger partial charge on any atom is -0.472 e. The maximum Gasteiger partial charge on any atom is 0.338 e. The first-order valence-electron chi connectivity index (χ1n) is 16.7. The minimum atomic E-state index is -1.71. The number of benzene rings is 2. The van der Waals surface area contributed by atoms with Gasteiger partial charge in [0.1, 0.15) is 42.2 Å². The lowest BCUT2D eigenvalue weighted by Crippen LogP contribution is -2.61. The monoisotopic (exact) mass is 716 g/mol. The molecule has 0 bridgehead atoms. The molecule has 4 heterocycles. The molecule has 0 aromatic heterocycles. The van der Waals surface area contributed by atoms with E-state index in [2.05, 4.69) is 0 Å². The highest BCUT2D eigenvalue weighted by Gasteiger charge is 2.77. The molecular weight excluding hydrogens is 676 g/mol. The Hall–Kier alpha value is -3.52. The highest BCUT2D eigenvalue weighted by molar-refractivity contribution is 5.90. The molecule has 7 rings (SSSR count). The zero-order valence-corrected chi connectivity index (χ0v) is 27.3. The number of hydrogen-bond donors (Lipinski definition) is 6. The van der Waals surface area contributed by atoms with Crippen LogP contribution in [0.1, 0.15) is 27.6 Å². The molecule has 4 aliphatic heterocycles. The molecule has 2 aromatic rings. The fourth-order valence-electron chi connectivity index (χ4n) is 7.39. The van der Waals surface area contributed by atoms with Crippen molar-refractivity contribution in [3.63, 3.8) is 0 Å². The van der Waals surface area contributed by atoms with E-state index in [0.29, 0.717) is 0 Å². The van der Waals surface area contributed by atoms with Crippen LogP contribution in [0.3, 0.4) is 0 Å². The molecule has 4 fully saturated rings. The largest absolute Gasteiger partial charge is 0.472 e. The van der Waals surface area contributed by atoms with Crippen molar-refractivity contribution in [2.75, 3.05) is 13.2 Å². The number of hydrogen-bond acceptors (Lipinski definition) is 16. The summed E-state index contributed by atoms with van der Waals surface area (Å²) in [5, 5.41) is 62.8. The van der Waals surface area contributed by atoms with Gasteiger partial charge >= 0.3 is 11.9 Å². The number of ether oxygens (including phenoxy) is 8. The molecule has 16 nitrogen and oxygen atoms in total. The number of carbonyl (C=O) groups excluding carboxylic acids is 2. The van der Waals surface area contributed by atoms with Crippen LogP contribution in [-0.4, -0.2) is 141 Å². The van der Waals surface area contributed by atoms with Crippen LogP contribution < -0.4 is 0 Å². The molecule has 0 spiro atoms. The lowest BCUT2D eigenvalue weighted by molar-refractivity contribution is -0.346. The summed E-state index contributed by atoms with van der Waals surface area (Å²) in [4.78, 5) is 26.3. The van der Waals surface area contributed by atoms with E-state index in [0.717, 1.165) is 0 Å². The molecular formula is C35H40O16. The average Bonchev–Trinajstić information content (AvgIpc) is 3.83. The number of fused-ring (bicyclic) bond motifs is 3. The van der Waals surface area contributed by atoms with Gasteiger partial charge in [0.15, 0.2) is 24.8 Å². The summed E-state index contributed by atoms with van der Waals surface area (Å²) in [5.74, 6) is -2.87. The van der Waals surface area contributed by atoms with E-state index in [-0.39, 0.29) is 11.1 Å². The van der Waals surface area contributed by atoms with Gasteiger partial charge in [-0.3, -0.25) is 0 Å². The molecule has 276 valence electrons. The standard InChI is InChI=1S/C35H40O16/c1-16-26(47-30(42)17-8-4-2-5-9-17)28(48-31(43)18-10-6-3-7-11-18)25(41)34(45-16)49-27-19-12-13-44-32(21(19)35(15-37)29(27)51-35)50-33-24(40)23(39)22(38)20(14-36)46-33/h2-13,16,19-29,32-34,36-41H,14-15H2,1H3/t16-,19?,20-,21?,22-,23+,24-,25+,26+,27+,28+,29+,32+,33+,34+,35-/m1/s1. The third-order valence-electron chi connectivity index (χ3n) is 10.1. The van der Waals surface area contributed by atoms with Crippen molar-refractivity contribution in [2.45, 2.75) is 92.4 Å². The predicted molar refractivity (Wildman–Crippen MR) is 167 cm³/mol. The Kier molecular flexibility index (Phi) is 10.2. The number of rotatable bonds is 10. The van der Waals surface area contributed by atoms with Crippen LogP contribution in [-0.2, 0) is 37.9 Å². The van der Waals surface area contributed by atoms with Crippen molar-refractivity contribution < 1.29 is 78.1 Å². The highest BCUT2D eigenvalue weighted by Crippen LogP contribution is 2.61. The van der Waals surface area contributed by atoms with Gasteiger partial charge in [0.25, 0.3) is 0 Å². The van der Waals surface area contributed by atoms with Crippen molar-refractivity contribution in [2.24, 2.45) is 11.8 Å². The van der Waals surface area contributed by atoms with Crippen LogP contribution >= 0.6 is 0 Å². The first-order chi connectivity index (χ1) is 24.6. The van der Waals surface area contributed by atoms with Gasteiger partial charge in [-0.05, 0) is 37.3 Å². The van der Waals surface area contributed by atoms with E-state index in [1.807, 2.05) is 0 Å². The molecule has 16 heteroatoms. The van der Waals surface area contributed by atoms with Gasteiger partial charge in [-0.25, -0.2) is 9.59 Å². The smallest absolute Gasteiger partial charge is 0.338 e. The zero-order valence-electron chi connectivity index (χ0n) is 27.3. The lowest BCUT2D eigenvalue weighted by atomic mass is 9.85. The van der Waals surface area contributed by atoms with Crippen LogP contribution in [0, 0.1) is 11.8 Å². The molecule has 2 unspecified atom stereocenters. The van der Waals surface area contributed by atoms with Gasteiger partial charge in [-0.15, -0.1) is 0 Å². The molecule has 2 aromatic carbocycles. The van der Waals surface area contributed by atoms with Gasteiger partial charge < -0.3 is 68.5 Å². The molecule has 51 heavy (non-hydrogen) atoms. The Bertz CT molecular complexity index is 1560. The minimum absolute atomic E-state index is 0.199. The second-order valence-electron chi connectivity index (χ2n) is 13.2. The number of epoxide rings is 1. The van der Waals surface area contributed by atoms with E-state index in [9.17, 15) is 40.2 Å². The fourth-order valence-corrected chi connectivity index (χ4v) is 7.39. The Balaban J connectivity index is 1.11. The number of esters is 2. The van der Waals surface area contributed by atoms with Crippen molar-refractivity contribution in [3.05, 3.63) is 84.1 Å². The Labute approximate surface area is 291 Å². The summed E-state index contributed by atoms with van der Waals surface area (Å²) in [6, 6.07) is 16.3. The van der Waals surface area contributed by atoms with Crippen LogP contribution in [0.5, 0.6) is 0 Å². The SMILES string of the molecule is C[C@H]1O[C@@H](O[C@H]2C3C=CO[C@@H](O[C@@H]4O[C@H](CO)[C@@H](O)[C@H](O)[C@H]4O)C3[C@@]3(CO)O[C@@H]23)[C@@H](O)[C@H](OC(=O)c2ccccc2)[C@H]1OC(=O)c1ccccc1. The Morgan fingerprint density at radius 1 is 0.725 bits per heavy atom. The lowest BCUT2D eigenvalue weighted by Gasteiger charge is -2.44. The summed E-state index contributed by atoms with van der Waals surface area (Å²) in [6.45, 7) is 0.417. The van der Waals surface area contributed by atoms with E-state index >= 15 is 0 Å². The average molecular weight is 717 g/mol. The van der Waals surface area contributed by atoms with E-state index < -0.39 is 122 Å². The third-order valence-corrected chi connectivity index (χ3v) is 10.1.